The monoisotopic (exact) mass is 269 g/mol. The lowest BCUT2D eigenvalue weighted by Crippen LogP contribution is -2.08. The van der Waals surface area contributed by atoms with Crippen molar-refractivity contribution in [2.24, 2.45) is 0 Å². The van der Waals surface area contributed by atoms with Gasteiger partial charge in [0.15, 0.2) is 0 Å². The van der Waals surface area contributed by atoms with Crippen LogP contribution >= 0.6 is 0 Å². The highest BCUT2D eigenvalue weighted by Crippen LogP contribution is 2.20. The molecule has 3 nitrogen and oxygen atoms in total. The maximum Gasteiger partial charge on any atom is 0.123 e. The van der Waals surface area contributed by atoms with Crippen molar-refractivity contribution in [1.82, 2.24) is 0 Å². The Kier molecular flexibility index (Phi) is 4.21. The molecule has 0 aliphatic carbocycles. The van der Waals surface area contributed by atoms with Gasteiger partial charge < -0.3 is 11.1 Å². The second-order valence-corrected chi connectivity index (χ2v) is 4.66. The van der Waals surface area contributed by atoms with Crippen LogP contribution in [-0.4, -0.2) is 6.54 Å². The summed E-state index contributed by atoms with van der Waals surface area (Å²) in [6.07, 6.45) is 0.766. The first-order valence-electron chi connectivity index (χ1n) is 6.38. The summed E-state index contributed by atoms with van der Waals surface area (Å²) in [7, 11) is 0. The van der Waals surface area contributed by atoms with E-state index >= 15 is 0 Å². The van der Waals surface area contributed by atoms with Gasteiger partial charge in [0, 0.05) is 6.54 Å². The van der Waals surface area contributed by atoms with Crippen LogP contribution < -0.4 is 11.1 Å². The summed E-state index contributed by atoms with van der Waals surface area (Å²) in [5.74, 6) is -0.217. The Morgan fingerprint density at radius 2 is 2.05 bits per heavy atom. The number of rotatable bonds is 4. The number of benzene rings is 2. The van der Waals surface area contributed by atoms with E-state index < -0.39 is 0 Å². The predicted octanol–water partition coefficient (Wildman–Crippen LogP) is 3.24. The van der Waals surface area contributed by atoms with Crippen LogP contribution in [0.4, 0.5) is 15.8 Å². The summed E-state index contributed by atoms with van der Waals surface area (Å²) in [5, 5.41) is 12.1. The van der Waals surface area contributed by atoms with Crippen LogP contribution in [-0.2, 0) is 6.42 Å². The number of nitrogens with two attached hydrogens (primary N) is 1. The average Bonchev–Trinajstić information content (AvgIpc) is 2.43. The highest BCUT2D eigenvalue weighted by Gasteiger charge is 2.03. The van der Waals surface area contributed by atoms with E-state index in [1.54, 1.807) is 24.3 Å². The zero-order valence-electron chi connectivity index (χ0n) is 11.3. The van der Waals surface area contributed by atoms with E-state index in [0.717, 1.165) is 23.2 Å². The molecule has 3 N–H and O–H groups in total. The van der Waals surface area contributed by atoms with Gasteiger partial charge in [0.05, 0.1) is 23.0 Å². The summed E-state index contributed by atoms with van der Waals surface area (Å²) < 4.78 is 13.0. The maximum absolute atomic E-state index is 13.0. The van der Waals surface area contributed by atoms with Crippen LogP contribution in [0.3, 0.4) is 0 Å². The molecule has 0 unspecified atom stereocenters. The van der Waals surface area contributed by atoms with Gasteiger partial charge in [-0.15, -0.1) is 0 Å². The molecule has 2 aromatic rings. The molecule has 0 spiro atoms. The van der Waals surface area contributed by atoms with Crippen LogP contribution in [0.5, 0.6) is 0 Å². The number of anilines is 2. The molecule has 0 fully saturated rings. The van der Waals surface area contributed by atoms with Crippen LogP contribution in [0.25, 0.3) is 0 Å². The third-order valence-corrected chi connectivity index (χ3v) is 3.20. The van der Waals surface area contributed by atoms with E-state index in [0.29, 0.717) is 17.8 Å². The van der Waals surface area contributed by atoms with Gasteiger partial charge in [-0.05, 0) is 54.8 Å². The molecule has 0 atom stereocenters. The van der Waals surface area contributed by atoms with E-state index in [1.807, 2.05) is 6.92 Å². The molecule has 20 heavy (non-hydrogen) atoms. The molecular formula is C16H16FN3. The fraction of sp³-hybridized carbons (Fsp3) is 0.188. The Morgan fingerprint density at radius 1 is 1.25 bits per heavy atom. The molecule has 0 aromatic heterocycles. The van der Waals surface area contributed by atoms with Gasteiger partial charge in [0.1, 0.15) is 5.82 Å². The molecule has 0 amide bonds. The van der Waals surface area contributed by atoms with Gasteiger partial charge in [-0.25, -0.2) is 4.39 Å². The molecule has 0 radical (unpaired) electrons. The first kappa shape index (κ1) is 13.9. The molecule has 2 rings (SSSR count). The van der Waals surface area contributed by atoms with E-state index in [2.05, 4.69) is 11.4 Å². The number of nitriles is 1. The number of nitrogens with one attached hydrogen (secondary N) is 1. The third kappa shape index (κ3) is 3.27. The lowest BCUT2D eigenvalue weighted by molar-refractivity contribution is 0.625. The lowest BCUT2D eigenvalue weighted by Gasteiger charge is -2.11. The maximum atomic E-state index is 13.0. The van der Waals surface area contributed by atoms with E-state index in [9.17, 15) is 4.39 Å². The van der Waals surface area contributed by atoms with E-state index in [1.165, 1.54) is 12.1 Å². The Bertz CT molecular complexity index is 659. The Labute approximate surface area is 117 Å². The van der Waals surface area contributed by atoms with Crippen molar-refractivity contribution in [1.29, 1.82) is 5.26 Å². The van der Waals surface area contributed by atoms with Crippen molar-refractivity contribution >= 4 is 11.4 Å². The normalized spacial score (nSPS) is 10.1. The summed E-state index contributed by atoms with van der Waals surface area (Å²) >= 11 is 0. The topological polar surface area (TPSA) is 61.8 Å². The Balaban J connectivity index is 2.01. The molecule has 0 heterocycles. The van der Waals surface area contributed by atoms with Gasteiger partial charge in [-0.1, -0.05) is 6.07 Å². The predicted molar refractivity (Wildman–Crippen MR) is 78.9 cm³/mol. The minimum atomic E-state index is -0.217. The fourth-order valence-electron chi connectivity index (χ4n) is 2.05. The number of hydrogen-bond donors (Lipinski definition) is 2. The second-order valence-electron chi connectivity index (χ2n) is 4.66. The minimum absolute atomic E-state index is 0.217. The van der Waals surface area contributed by atoms with E-state index in [4.69, 9.17) is 11.0 Å². The molecule has 102 valence electrons. The molecule has 0 saturated heterocycles. The van der Waals surface area contributed by atoms with Crippen LogP contribution in [0.1, 0.15) is 16.7 Å². The van der Waals surface area contributed by atoms with Gasteiger partial charge >= 0.3 is 0 Å². The smallest absolute Gasteiger partial charge is 0.123 e. The Morgan fingerprint density at radius 3 is 2.75 bits per heavy atom. The first-order valence-corrected chi connectivity index (χ1v) is 6.38. The summed E-state index contributed by atoms with van der Waals surface area (Å²) in [4.78, 5) is 0. The molecule has 0 saturated carbocycles. The van der Waals surface area contributed by atoms with E-state index in [-0.39, 0.29) is 5.82 Å². The lowest BCUT2D eigenvalue weighted by atomic mass is 10.1. The van der Waals surface area contributed by atoms with Crippen molar-refractivity contribution in [3.05, 3.63) is 58.9 Å². The highest BCUT2D eigenvalue weighted by molar-refractivity contribution is 5.68. The van der Waals surface area contributed by atoms with Crippen molar-refractivity contribution in [2.75, 3.05) is 17.6 Å². The van der Waals surface area contributed by atoms with Crippen molar-refractivity contribution in [3.8, 4) is 6.07 Å². The third-order valence-electron chi connectivity index (χ3n) is 3.20. The van der Waals surface area contributed by atoms with Crippen molar-refractivity contribution < 1.29 is 4.39 Å². The number of halogens is 1. The molecule has 2 aromatic carbocycles. The molecule has 0 aliphatic rings. The van der Waals surface area contributed by atoms with Gasteiger partial charge in [0.25, 0.3) is 0 Å². The van der Waals surface area contributed by atoms with Crippen LogP contribution in [0, 0.1) is 24.1 Å². The fourth-order valence-corrected chi connectivity index (χ4v) is 2.05. The standard InChI is InChI=1S/C16H16FN3/c1-11-8-14(17)4-3-13(11)6-7-20-16-9-12(10-18)2-5-15(16)19/h2-5,8-9,20H,6-7,19H2,1H3. The molecular weight excluding hydrogens is 253 g/mol. The number of hydrogen-bond acceptors (Lipinski definition) is 3. The minimum Gasteiger partial charge on any atom is -0.397 e. The van der Waals surface area contributed by atoms with Gasteiger partial charge in [-0.3, -0.25) is 0 Å². The average molecular weight is 269 g/mol. The zero-order chi connectivity index (χ0) is 14.5. The number of nitrogens with zero attached hydrogens (tertiary/aromatic N) is 1. The van der Waals surface area contributed by atoms with Gasteiger partial charge in [0.2, 0.25) is 0 Å². The largest absolute Gasteiger partial charge is 0.397 e. The summed E-state index contributed by atoms with van der Waals surface area (Å²) in [6, 6.07) is 12.0. The molecule has 4 heteroatoms. The van der Waals surface area contributed by atoms with Crippen molar-refractivity contribution in [2.45, 2.75) is 13.3 Å². The second kappa shape index (κ2) is 6.07. The zero-order valence-corrected chi connectivity index (χ0v) is 11.3. The summed E-state index contributed by atoms with van der Waals surface area (Å²) in [5.41, 5.74) is 9.81. The number of aryl methyl sites for hydroxylation is 1. The quantitative estimate of drug-likeness (QED) is 0.837. The molecule has 0 aliphatic heterocycles. The van der Waals surface area contributed by atoms with Crippen molar-refractivity contribution in [3.63, 3.8) is 0 Å². The summed E-state index contributed by atoms with van der Waals surface area (Å²) in [6.45, 7) is 2.56. The highest BCUT2D eigenvalue weighted by atomic mass is 19.1. The number of nitrogen functional groups attached to an aromatic ring is 1. The SMILES string of the molecule is Cc1cc(F)ccc1CCNc1cc(C#N)ccc1N. The van der Waals surface area contributed by atoms with Crippen LogP contribution in [0.2, 0.25) is 0 Å². The van der Waals surface area contributed by atoms with Crippen LogP contribution in [0.15, 0.2) is 36.4 Å². The van der Waals surface area contributed by atoms with Gasteiger partial charge in [-0.2, -0.15) is 5.26 Å². The molecule has 0 bridgehead atoms. The Hall–Kier alpha value is -2.54. The first-order chi connectivity index (χ1) is 9.60.